The first-order valence-electron chi connectivity index (χ1n) is 8.26. The molecule has 0 aromatic carbocycles. The van der Waals surface area contributed by atoms with E-state index in [0.29, 0.717) is 6.04 Å². The van der Waals surface area contributed by atoms with Gasteiger partial charge in [-0.3, -0.25) is 9.58 Å². The van der Waals surface area contributed by atoms with Crippen molar-refractivity contribution in [2.75, 3.05) is 24.5 Å². The van der Waals surface area contributed by atoms with Crippen LogP contribution in [0, 0.1) is 6.92 Å². The SMILES string of the molecule is Cc1nn(C)c(N2CC3CCCN3CC2C)c1CC(C)N. The smallest absolute Gasteiger partial charge is 0.130 e. The van der Waals surface area contributed by atoms with Crippen molar-refractivity contribution in [2.24, 2.45) is 12.8 Å². The summed E-state index contributed by atoms with van der Waals surface area (Å²) in [5.74, 6) is 1.30. The molecule has 0 aliphatic carbocycles. The summed E-state index contributed by atoms with van der Waals surface area (Å²) < 4.78 is 2.06. The molecule has 2 N–H and O–H groups in total. The highest BCUT2D eigenvalue weighted by molar-refractivity contribution is 5.52. The monoisotopic (exact) mass is 291 g/mol. The van der Waals surface area contributed by atoms with Crippen LogP contribution in [0.2, 0.25) is 0 Å². The molecular formula is C16H29N5. The maximum atomic E-state index is 6.06. The molecule has 0 spiro atoms. The van der Waals surface area contributed by atoms with Crippen molar-refractivity contribution in [2.45, 2.75) is 58.2 Å². The summed E-state index contributed by atoms with van der Waals surface area (Å²) in [7, 11) is 2.07. The highest BCUT2D eigenvalue weighted by atomic mass is 15.4. The zero-order chi connectivity index (χ0) is 15.1. The van der Waals surface area contributed by atoms with E-state index in [0.717, 1.165) is 24.7 Å². The van der Waals surface area contributed by atoms with Crippen molar-refractivity contribution in [3.05, 3.63) is 11.3 Å². The lowest BCUT2D eigenvalue weighted by Gasteiger charge is -2.43. The largest absolute Gasteiger partial charge is 0.351 e. The molecule has 0 amide bonds. The van der Waals surface area contributed by atoms with Crippen LogP contribution in [0.25, 0.3) is 0 Å². The van der Waals surface area contributed by atoms with Gasteiger partial charge in [-0.2, -0.15) is 5.10 Å². The van der Waals surface area contributed by atoms with E-state index in [4.69, 9.17) is 5.73 Å². The lowest BCUT2D eigenvalue weighted by Crippen LogP contribution is -2.55. The van der Waals surface area contributed by atoms with Gasteiger partial charge >= 0.3 is 0 Å². The molecule has 1 aromatic rings. The number of hydrogen-bond acceptors (Lipinski definition) is 4. The van der Waals surface area contributed by atoms with Crippen LogP contribution < -0.4 is 10.6 Å². The Morgan fingerprint density at radius 3 is 2.86 bits per heavy atom. The lowest BCUT2D eigenvalue weighted by molar-refractivity contribution is 0.201. The van der Waals surface area contributed by atoms with Crippen molar-refractivity contribution in [3.8, 4) is 0 Å². The van der Waals surface area contributed by atoms with Gasteiger partial charge in [0.15, 0.2) is 0 Å². The third-order valence-corrected chi connectivity index (χ3v) is 5.05. The molecule has 5 heteroatoms. The van der Waals surface area contributed by atoms with Crippen LogP contribution in [-0.2, 0) is 13.5 Å². The van der Waals surface area contributed by atoms with E-state index in [1.54, 1.807) is 0 Å². The minimum absolute atomic E-state index is 0.176. The van der Waals surface area contributed by atoms with E-state index in [9.17, 15) is 0 Å². The molecule has 5 nitrogen and oxygen atoms in total. The normalized spacial score (nSPS) is 28.0. The molecule has 3 rings (SSSR count). The second kappa shape index (κ2) is 5.61. The molecule has 21 heavy (non-hydrogen) atoms. The second-order valence-electron chi connectivity index (χ2n) is 6.98. The molecule has 3 atom stereocenters. The first-order chi connectivity index (χ1) is 9.97. The molecule has 0 bridgehead atoms. The van der Waals surface area contributed by atoms with E-state index in [1.165, 1.54) is 37.3 Å². The van der Waals surface area contributed by atoms with Crippen LogP contribution in [0.5, 0.6) is 0 Å². The third kappa shape index (κ3) is 2.69. The average molecular weight is 291 g/mol. The van der Waals surface area contributed by atoms with E-state index < -0.39 is 0 Å². The molecule has 2 fully saturated rings. The number of anilines is 1. The molecule has 3 heterocycles. The predicted octanol–water partition coefficient (Wildman–Crippen LogP) is 1.29. The van der Waals surface area contributed by atoms with Gasteiger partial charge < -0.3 is 10.6 Å². The van der Waals surface area contributed by atoms with Gasteiger partial charge in [0.05, 0.1) is 5.69 Å². The van der Waals surface area contributed by atoms with Crippen molar-refractivity contribution >= 4 is 5.82 Å². The van der Waals surface area contributed by atoms with Crippen LogP contribution in [0.3, 0.4) is 0 Å². The van der Waals surface area contributed by atoms with E-state index in [1.807, 2.05) is 0 Å². The Kier molecular flexibility index (Phi) is 3.97. The maximum absolute atomic E-state index is 6.06. The fraction of sp³-hybridized carbons (Fsp3) is 0.812. The van der Waals surface area contributed by atoms with Crippen molar-refractivity contribution in [1.82, 2.24) is 14.7 Å². The molecule has 0 radical (unpaired) electrons. The van der Waals surface area contributed by atoms with Crippen molar-refractivity contribution < 1.29 is 0 Å². The molecule has 2 aliphatic heterocycles. The molecule has 118 valence electrons. The first kappa shape index (κ1) is 14.9. The van der Waals surface area contributed by atoms with Gasteiger partial charge in [0, 0.05) is 43.8 Å². The van der Waals surface area contributed by atoms with Gasteiger partial charge in [0.2, 0.25) is 0 Å². The molecule has 0 saturated carbocycles. The Morgan fingerprint density at radius 1 is 1.38 bits per heavy atom. The van der Waals surface area contributed by atoms with Gasteiger partial charge in [-0.25, -0.2) is 0 Å². The minimum Gasteiger partial charge on any atom is -0.351 e. The Labute approximate surface area is 128 Å². The highest BCUT2D eigenvalue weighted by Crippen LogP contribution is 2.32. The fourth-order valence-electron chi connectivity index (χ4n) is 4.09. The van der Waals surface area contributed by atoms with Crippen LogP contribution >= 0.6 is 0 Å². The van der Waals surface area contributed by atoms with Crippen molar-refractivity contribution in [1.29, 1.82) is 0 Å². The number of aryl methyl sites for hydroxylation is 2. The lowest BCUT2D eigenvalue weighted by atomic mass is 10.0. The summed E-state index contributed by atoms with van der Waals surface area (Å²) in [6.07, 6.45) is 3.59. The number of piperazine rings is 1. The average Bonchev–Trinajstić information content (AvgIpc) is 2.93. The molecule has 2 aliphatic rings. The number of rotatable bonds is 3. The first-order valence-corrected chi connectivity index (χ1v) is 8.26. The topological polar surface area (TPSA) is 50.3 Å². The van der Waals surface area contributed by atoms with Crippen LogP contribution in [0.15, 0.2) is 0 Å². The standard InChI is InChI=1S/C16H29N5/c1-11(17)8-15-13(3)18-19(4)16(15)21-10-14-6-5-7-20(14)9-12(21)2/h11-12,14H,5-10,17H2,1-4H3. The zero-order valence-electron chi connectivity index (χ0n) is 13.8. The van der Waals surface area contributed by atoms with Crippen LogP contribution in [0.1, 0.15) is 37.9 Å². The van der Waals surface area contributed by atoms with Gasteiger partial charge in [-0.05, 0) is 46.6 Å². The van der Waals surface area contributed by atoms with Crippen LogP contribution in [-0.4, -0.2) is 52.4 Å². The molecule has 3 unspecified atom stereocenters. The predicted molar refractivity (Wildman–Crippen MR) is 86.7 cm³/mol. The van der Waals surface area contributed by atoms with Gasteiger partial charge in [-0.1, -0.05) is 0 Å². The van der Waals surface area contributed by atoms with Crippen LogP contribution in [0.4, 0.5) is 5.82 Å². The number of fused-ring (bicyclic) bond motifs is 1. The van der Waals surface area contributed by atoms with Gasteiger partial charge in [0.25, 0.3) is 0 Å². The Balaban J connectivity index is 1.91. The maximum Gasteiger partial charge on any atom is 0.130 e. The Morgan fingerprint density at radius 2 is 2.14 bits per heavy atom. The zero-order valence-corrected chi connectivity index (χ0v) is 13.8. The summed E-state index contributed by atoms with van der Waals surface area (Å²) in [6, 6.07) is 1.44. The van der Waals surface area contributed by atoms with E-state index in [2.05, 4.69) is 47.4 Å². The summed E-state index contributed by atoms with van der Waals surface area (Å²) in [4.78, 5) is 5.24. The molecular weight excluding hydrogens is 262 g/mol. The quantitative estimate of drug-likeness (QED) is 0.912. The number of nitrogens with zero attached hydrogens (tertiary/aromatic N) is 4. The Hall–Kier alpha value is -1.07. The summed E-state index contributed by atoms with van der Waals surface area (Å²) in [5, 5.41) is 4.67. The van der Waals surface area contributed by atoms with E-state index in [-0.39, 0.29) is 6.04 Å². The van der Waals surface area contributed by atoms with Gasteiger partial charge in [-0.15, -0.1) is 0 Å². The summed E-state index contributed by atoms with van der Waals surface area (Å²) in [6.45, 7) is 10.1. The fourth-order valence-corrected chi connectivity index (χ4v) is 4.09. The third-order valence-electron chi connectivity index (χ3n) is 5.05. The molecule has 2 saturated heterocycles. The number of hydrogen-bond donors (Lipinski definition) is 1. The van der Waals surface area contributed by atoms with Crippen molar-refractivity contribution in [3.63, 3.8) is 0 Å². The second-order valence-corrected chi connectivity index (χ2v) is 6.98. The summed E-state index contributed by atoms with van der Waals surface area (Å²) in [5.41, 5.74) is 8.53. The van der Waals surface area contributed by atoms with Gasteiger partial charge in [0.1, 0.15) is 5.82 Å². The summed E-state index contributed by atoms with van der Waals surface area (Å²) >= 11 is 0. The molecule has 1 aromatic heterocycles. The highest BCUT2D eigenvalue weighted by Gasteiger charge is 2.36. The Bertz CT molecular complexity index is 507. The minimum atomic E-state index is 0.176. The van der Waals surface area contributed by atoms with E-state index >= 15 is 0 Å². The number of nitrogens with two attached hydrogens (primary N) is 1. The number of aromatic nitrogens is 2.